The van der Waals surface area contributed by atoms with Crippen molar-refractivity contribution in [3.05, 3.63) is 78.6 Å². The standard InChI is InChI=1S/C26H33N/c1-21(15-16-22-17-19-23-9-8-10-24(23)20-18-22)27(25-11-4-2-5-12-25)26-13-6-3-7-14-26/h2,4-5,11-12,15-19,23-24,26H,1,3,6-10,13-14,20H2/b16-15+. The van der Waals surface area contributed by atoms with Gasteiger partial charge >= 0.3 is 0 Å². The lowest BCUT2D eigenvalue weighted by Gasteiger charge is -2.36. The molecule has 0 N–H and O–H groups in total. The van der Waals surface area contributed by atoms with Crippen LogP contribution in [0.25, 0.3) is 0 Å². The van der Waals surface area contributed by atoms with Gasteiger partial charge in [-0.25, -0.2) is 0 Å². The molecule has 1 heteroatoms. The van der Waals surface area contributed by atoms with Gasteiger partial charge in [-0.2, -0.15) is 0 Å². The van der Waals surface area contributed by atoms with Crippen LogP contribution in [0.3, 0.4) is 0 Å². The number of rotatable bonds is 5. The highest BCUT2D eigenvalue weighted by atomic mass is 15.2. The second-order valence-corrected chi connectivity index (χ2v) is 8.48. The molecule has 27 heavy (non-hydrogen) atoms. The number of allylic oxidation sites excluding steroid dienone is 6. The van der Waals surface area contributed by atoms with Gasteiger partial charge in [0.15, 0.2) is 0 Å². The predicted octanol–water partition coefficient (Wildman–Crippen LogP) is 7.20. The molecule has 4 rings (SSSR count). The van der Waals surface area contributed by atoms with Crippen molar-refractivity contribution in [2.24, 2.45) is 11.8 Å². The SMILES string of the molecule is C=C(/C=C/C1=CCC2CCCC2C=C1)N(c1ccccc1)C1CCCCC1. The van der Waals surface area contributed by atoms with Crippen molar-refractivity contribution in [2.75, 3.05) is 4.90 Å². The Kier molecular flexibility index (Phi) is 5.97. The molecule has 1 nitrogen and oxygen atoms in total. The number of hydrogen-bond acceptors (Lipinski definition) is 1. The van der Waals surface area contributed by atoms with E-state index < -0.39 is 0 Å². The van der Waals surface area contributed by atoms with Gasteiger partial charge in [0, 0.05) is 17.4 Å². The molecular formula is C26H33N. The number of anilines is 1. The largest absolute Gasteiger partial charge is 0.339 e. The molecule has 0 radical (unpaired) electrons. The zero-order valence-corrected chi connectivity index (χ0v) is 16.5. The van der Waals surface area contributed by atoms with E-state index >= 15 is 0 Å². The van der Waals surface area contributed by atoms with Crippen molar-refractivity contribution in [2.45, 2.75) is 63.8 Å². The number of hydrogen-bond donors (Lipinski definition) is 0. The maximum absolute atomic E-state index is 4.46. The molecule has 0 heterocycles. The van der Waals surface area contributed by atoms with Crippen molar-refractivity contribution >= 4 is 5.69 Å². The summed E-state index contributed by atoms with van der Waals surface area (Å²) in [6.07, 6.45) is 23.7. The highest BCUT2D eigenvalue weighted by Crippen LogP contribution is 2.37. The van der Waals surface area contributed by atoms with Crippen LogP contribution in [0.5, 0.6) is 0 Å². The average molecular weight is 360 g/mol. The normalized spacial score (nSPS) is 25.9. The van der Waals surface area contributed by atoms with Gasteiger partial charge in [0.05, 0.1) is 0 Å². The average Bonchev–Trinajstić information content (AvgIpc) is 3.08. The molecule has 1 aromatic carbocycles. The van der Waals surface area contributed by atoms with E-state index in [9.17, 15) is 0 Å². The van der Waals surface area contributed by atoms with Crippen LogP contribution in [0.2, 0.25) is 0 Å². The quantitative estimate of drug-likeness (QED) is 0.502. The van der Waals surface area contributed by atoms with E-state index in [1.165, 1.54) is 69.0 Å². The second kappa shape index (κ2) is 8.78. The van der Waals surface area contributed by atoms with Crippen LogP contribution >= 0.6 is 0 Å². The van der Waals surface area contributed by atoms with Crippen LogP contribution in [0.4, 0.5) is 5.69 Å². The molecule has 2 saturated carbocycles. The van der Waals surface area contributed by atoms with E-state index in [0.717, 1.165) is 17.5 Å². The Morgan fingerprint density at radius 2 is 1.78 bits per heavy atom. The first-order valence-electron chi connectivity index (χ1n) is 10.9. The van der Waals surface area contributed by atoms with Crippen LogP contribution in [-0.4, -0.2) is 6.04 Å². The molecule has 142 valence electrons. The van der Waals surface area contributed by atoms with Gasteiger partial charge in [-0.1, -0.05) is 74.8 Å². The molecule has 0 spiro atoms. The fourth-order valence-corrected chi connectivity index (χ4v) is 5.14. The zero-order valence-electron chi connectivity index (χ0n) is 16.5. The first-order chi connectivity index (χ1) is 13.3. The maximum atomic E-state index is 4.46. The molecular weight excluding hydrogens is 326 g/mol. The molecule has 2 atom stereocenters. The van der Waals surface area contributed by atoms with Crippen molar-refractivity contribution in [1.29, 1.82) is 0 Å². The summed E-state index contributed by atoms with van der Waals surface area (Å²) in [6.45, 7) is 4.46. The van der Waals surface area contributed by atoms with Crippen LogP contribution in [0.1, 0.15) is 57.8 Å². The van der Waals surface area contributed by atoms with E-state index in [0.29, 0.717) is 6.04 Å². The molecule has 0 aliphatic heterocycles. The Labute approximate surface area is 165 Å². The highest BCUT2D eigenvalue weighted by Gasteiger charge is 2.25. The lowest BCUT2D eigenvalue weighted by molar-refractivity contribution is 0.431. The Balaban J connectivity index is 1.50. The molecule has 3 aliphatic rings. The third kappa shape index (κ3) is 4.46. The van der Waals surface area contributed by atoms with Crippen molar-refractivity contribution in [3.8, 4) is 0 Å². The molecule has 0 saturated heterocycles. The Bertz CT molecular complexity index is 718. The molecule has 0 aromatic heterocycles. The Hall–Kier alpha value is -2.02. The van der Waals surface area contributed by atoms with Crippen molar-refractivity contribution in [3.63, 3.8) is 0 Å². The summed E-state index contributed by atoms with van der Waals surface area (Å²) in [5.74, 6) is 1.68. The zero-order chi connectivity index (χ0) is 18.5. The molecule has 3 aliphatic carbocycles. The third-order valence-electron chi connectivity index (χ3n) is 6.66. The molecule has 2 fully saturated rings. The van der Waals surface area contributed by atoms with E-state index in [4.69, 9.17) is 0 Å². The van der Waals surface area contributed by atoms with Gasteiger partial charge in [0.2, 0.25) is 0 Å². The van der Waals surface area contributed by atoms with E-state index in [1.807, 2.05) is 0 Å². The minimum atomic E-state index is 0.580. The highest BCUT2D eigenvalue weighted by molar-refractivity contribution is 5.55. The van der Waals surface area contributed by atoms with Crippen LogP contribution in [0.15, 0.2) is 78.6 Å². The summed E-state index contributed by atoms with van der Waals surface area (Å²) >= 11 is 0. The predicted molar refractivity (Wildman–Crippen MR) is 117 cm³/mol. The minimum absolute atomic E-state index is 0.580. The maximum Gasteiger partial charge on any atom is 0.0413 e. The van der Waals surface area contributed by atoms with Gasteiger partial charge in [-0.15, -0.1) is 0 Å². The van der Waals surface area contributed by atoms with Gasteiger partial charge < -0.3 is 4.90 Å². The Morgan fingerprint density at radius 3 is 2.59 bits per heavy atom. The first-order valence-corrected chi connectivity index (χ1v) is 10.9. The lowest BCUT2D eigenvalue weighted by atomic mass is 9.93. The molecule has 0 bridgehead atoms. The van der Waals surface area contributed by atoms with Gasteiger partial charge in [0.25, 0.3) is 0 Å². The molecule has 0 amide bonds. The summed E-state index contributed by atoms with van der Waals surface area (Å²) in [6, 6.07) is 11.4. The minimum Gasteiger partial charge on any atom is -0.339 e. The third-order valence-corrected chi connectivity index (χ3v) is 6.66. The first kappa shape index (κ1) is 18.3. The second-order valence-electron chi connectivity index (χ2n) is 8.48. The monoisotopic (exact) mass is 359 g/mol. The van der Waals surface area contributed by atoms with Crippen LogP contribution in [-0.2, 0) is 0 Å². The molecule has 1 aromatic rings. The number of benzene rings is 1. The number of fused-ring (bicyclic) bond motifs is 1. The fraction of sp³-hybridized carbons (Fsp3) is 0.462. The van der Waals surface area contributed by atoms with E-state index in [2.05, 4.69) is 72.2 Å². The Morgan fingerprint density at radius 1 is 0.963 bits per heavy atom. The van der Waals surface area contributed by atoms with Crippen LogP contribution < -0.4 is 4.90 Å². The van der Waals surface area contributed by atoms with Gasteiger partial charge in [-0.3, -0.25) is 0 Å². The molecule has 2 unspecified atom stereocenters. The van der Waals surface area contributed by atoms with Gasteiger partial charge in [0.1, 0.15) is 0 Å². The lowest BCUT2D eigenvalue weighted by Crippen LogP contribution is -2.35. The van der Waals surface area contributed by atoms with E-state index in [1.54, 1.807) is 0 Å². The number of para-hydroxylation sites is 1. The van der Waals surface area contributed by atoms with Gasteiger partial charge in [-0.05, 0) is 67.7 Å². The summed E-state index contributed by atoms with van der Waals surface area (Å²) in [5, 5.41) is 0. The summed E-state index contributed by atoms with van der Waals surface area (Å²) in [7, 11) is 0. The smallest absolute Gasteiger partial charge is 0.0413 e. The van der Waals surface area contributed by atoms with Crippen molar-refractivity contribution in [1.82, 2.24) is 0 Å². The topological polar surface area (TPSA) is 3.24 Å². The summed E-state index contributed by atoms with van der Waals surface area (Å²) < 4.78 is 0. The van der Waals surface area contributed by atoms with E-state index in [-0.39, 0.29) is 0 Å². The van der Waals surface area contributed by atoms with Crippen molar-refractivity contribution < 1.29 is 0 Å². The number of nitrogens with zero attached hydrogens (tertiary/aromatic N) is 1. The van der Waals surface area contributed by atoms with Crippen LogP contribution in [0, 0.1) is 11.8 Å². The fourth-order valence-electron chi connectivity index (χ4n) is 5.14. The summed E-state index contributed by atoms with van der Waals surface area (Å²) in [5.41, 5.74) is 3.74. The summed E-state index contributed by atoms with van der Waals surface area (Å²) in [4.78, 5) is 2.48.